The average molecular weight is 167 g/mol. The predicted octanol–water partition coefficient (Wildman–Crippen LogP) is 1.68. The molecule has 0 aromatic heterocycles. The van der Waals surface area contributed by atoms with Gasteiger partial charge in [-0.25, -0.2) is 0 Å². The van der Waals surface area contributed by atoms with Crippen molar-refractivity contribution in [2.75, 3.05) is 0 Å². The van der Waals surface area contributed by atoms with E-state index in [9.17, 15) is 10.5 Å². The third-order valence-corrected chi connectivity index (χ3v) is 0. The minimum atomic E-state index is -7.18. The van der Waals surface area contributed by atoms with Crippen molar-refractivity contribution in [3.63, 3.8) is 0 Å². The van der Waals surface area contributed by atoms with Gasteiger partial charge in [0.2, 0.25) is 0 Å². The molecule has 0 N–H and O–H groups in total. The summed E-state index contributed by atoms with van der Waals surface area (Å²) < 4.78 is 39.6. The maximum atomic E-state index is 9.90. The molecule has 0 spiro atoms. The molecular weight excluding hydrogens is 167 g/mol. The Morgan fingerprint density at radius 3 is 0.800 bits per heavy atom. The SMILES string of the molecule is [F][Zr]([F])([F])[F]. The Balaban J connectivity index is 3.02. The molecule has 0 fully saturated rings. The molecule has 0 nitrogen and oxygen atoms in total. The van der Waals surface area contributed by atoms with E-state index in [4.69, 9.17) is 0 Å². The van der Waals surface area contributed by atoms with E-state index < -0.39 is 22.7 Å². The van der Waals surface area contributed by atoms with E-state index in [-0.39, 0.29) is 0 Å². The van der Waals surface area contributed by atoms with Crippen molar-refractivity contribution in [2.24, 2.45) is 0 Å². The summed E-state index contributed by atoms with van der Waals surface area (Å²) in [5, 5.41) is 0. The molecule has 32 valence electrons. The third-order valence-electron chi connectivity index (χ3n) is 0. The quantitative estimate of drug-likeness (QED) is 0.481. The first-order valence-electron chi connectivity index (χ1n) is 0.756. The van der Waals surface area contributed by atoms with Crippen molar-refractivity contribution in [1.29, 1.82) is 0 Å². The van der Waals surface area contributed by atoms with Crippen molar-refractivity contribution in [3.8, 4) is 0 Å². The summed E-state index contributed by atoms with van der Waals surface area (Å²) in [6, 6.07) is 0. The van der Waals surface area contributed by atoms with Crippen molar-refractivity contribution in [1.82, 2.24) is 0 Å². The molecule has 0 aliphatic rings. The fraction of sp³-hybridized carbons (Fsp3) is 0. The van der Waals surface area contributed by atoms with Crippen LogP contribution in [0.15, 0.2) is 0 Å². The van der Waals surface area contributed by atoms with Gasteiger partial charge in [0.25, 0.3) is 0 Å². The van der Waals surface area contributed by atoms with E-state index in [1.165, 1.54) is 0 Å². The topological polar surface area (TPSA) is 0 Å². The van der Waals surface area contributed by atoms with Gasteiger partial charge in [-0.1, -0.05) is 0 Å². The summed E-state index contributed by atoms with van der Waals surface area (Å²) in [6.07, 6.45) is 0. The van der Waals surface area contributed by atoms with Gasteiger partial charge in [0.1, 0.15) is 0 Å². The Hall–Kier alpha value is 0.603. The van der Waals surface area contributed by atoms with E-state index in [0.29, 0.717) is 0 Å². The van der Waals surface area contributed by atoms with Crippen molar-refractivity contribution < 1.29 is 33.2 Å². The number of hydrogen-bond acceptors (Lipinski definition) is 0. The van der Waals surface area contributed by atoms with Gasteiger partial charge >= 0.3 is 33.2 Å². The zero-order valence-corrected chi connectivity index (χ0v) is 4.47. The summed E-state index contributed by atoms with van der Waals surface area (Å²) in [5.74, 6) is 0. The van der Waals surface area contributed by atoms with Crippen LogP contribution in [0, 0.1) is 0 Å². The normalized spacial score (nSPS) is 12.0. The Labute approximate surface area is 33.7 Å². The third kappa shape index (κ3) is 85.8. The second-order valence-electron chi connectivity index (χ2n) is 0.429. The van der Waals surface area contributed by atoms with Crippen molar-refractivity contribution in [3.05, 3.63) is 0 Å². The zero-order valence-electron chi connectivity index (χ0n) is 2.01. The molecule has 0 aromatic carbocycles. The average Bonchev–Trinajstić information content (AvgIpc) is 0.722. The molecule has 0 aromatic rings. The van der Waals surface area contributed by atoms with Gasteiger partial charge in [0, 0.05) is 0 Å². The van der Waals surface area contributed by atoms with Crippen LogP contribution in [0.1, 0.15) is 0 Å². The number of halogens is 4. The van der Waals surface area contributed by atoms with E-state index in [1.807, 2.05) is 0 Å². The van der Waals surface area contributed by atoms with Crippen LogP contribution >= 0.6 is 0 Å². The Bertz CT molecular complexity index is 19.1. The summed E-state index contributed by atoms with van der Waals surface area (Å²) in [4.78, 5) is 0. The van der Waals surface area contributed by atoms with Gasteiger partial charge in [-0.15, -0.1) is 0 Å². The maximum absolute atomic E-state index is 9.90. The van der Waals surface area contributed by atoms with Gasteiger partial charge in [0.15, 0.2) is 0 Å². The summed E-state index contributed by atoms with van der Waals surface area (Å²) >= 11 is -7.18. The Morgan fingerprint density at radius 2 is 0.800 bits per heavy atom. The van der Waals surface area contributed by atoms with E-state index >= 15 is 0 Å². The van der Waals surface area contributed by atoms with Crippen molar-refractivity contribution in [2.45, 2.75) is 0 Å². The molecule has 0 amide bonds. The number of hydrogen-bond donors (Lipinski definition) is 0. The molecule has 5 heteroatoms. The summed E-state index contributed by atoms with van der Waals surface area (Å²) in [7, 11) is 0. The zero-order chi connectivity index (χ0) is 4.50. The molecule has 0 saturated heterocycles. The molecule has 0 heterocycles. The molecule has 0 aliphatic heterocycles. The summed E-state index contributed by atoms with van der Waals surface area (Å²) in [5.41, 5.74) is 0. The molecule has 0 unspecified atom stereocenters. The van der Waals surface area contributed by atoms with Crippen LogP contribution in [0.25, 0.3) is 0 Å². The molecule has 0 atom stereocenters. The predicted molar refractivity (Wildman–Crippen MR) is 4.43 cm³/mol. The molecule has 0 radical (unpaired) electrons. The summed E-state index contributed by atoms with van der Waals surface area (Å²) in [6.45, 7) is 0. The molecule has 0 saturated carbocycles. The van der Waals surface area contributed by atoms with Gasteiger partial charge in [-0.3, -0.25) is 0 Å². The van der Waals surface area contributed by atoms with Crippen molar-refractivity contribution >= 4 is 0 Å². The fourth-order valence-corrected chi connectivity index (χ4v) is 0. The van der Waals surface area contributed by atoms with Crippen LogP contribution in [-0.2, 0) is 22.7 Å². The van der Waals surface area contributed by atoms with Gasteiger partial charge < -0.3 is 0 Å². The second kappa shape index (κ2) is 1.37. The molecule has 0 bridgehead atoms. The Morgan fingerprint density at radius 1 is 0.800 bits per heavy atom. The molecular formula is F4Zr. The van der Waals surface area contributed by atoms with Gasteiger partial charge in [0.05, 0.1) is 0 Å². The molecule has 0 rings (SSSR count). The van der Waals surface area contributed by atoms with Crippen LogP contribution in [0.3, 0.4) is 0 Å². The minimum absolute atomic E-state index is 7.18. The second-order valence-corrected chi connectivity index (χ2v) is 2.54. The van der Waals surface area contributed by atoms with Crippen LogP contribution in [0.2, 0.25) is 0 Å². The first kappa shape index (κ1) is 5.60. The van der Waals surface area contributed by atoms with Crippen LogP contribution in [0.4, 0.5) is 10.5 Å². The first-order chi connectivity index (χ1) is 2.00. The Kier molecular flexibility index (Phi) is 1.54. The van der Waals surface area contributed by atoms with Crippen LogP contribution < -0.4 is 0 Å². The fourth-order valence-electron chi connectivity index (χ4n) is 0. The van der Waals surface area contributed by atoms with Crippen LogP contribution in [0.5, 0.6) is 0 Å². The first-order valence-corrected chi connectivity index (χ1v) is 4.47. The van der Waals surface area contributed by atoms with Crippen LogP contribution in [-0.4, -0.2) is 0 Å². The van der Waals surface area contributed by atoms with E-state index in [2.05, 4.69) is 0 Å². The molecule has 5 heavy (non-hydrogen) atoms. The van der Waals surface area contributed by atoms with E-state index in [1.54, 1.807) is 0 Å². The number of rotatable bonds is 0. The monoisotopic (exact) mass is 166 g/mol. The molecule has 0 aliphatic carbocycles. The van der Waals surface area contributed by atoms with E-state index in [0.717, 1.165) is 0 Å². The van der Waals surface area contributed by atoms with Gasteiger partial charge in [-0.2, -0.15) is 0 Å². The standard InChI is InChI=1S/4FH.Zr/h4*1H;/q;;;;+4/p-4. The van der Waals surface area contributed by atoms with Gasteiger partial charge in [-0.05, 0) is 0 Å².